The average Bonchev–Trinajstić information content (AvgIpc) is 2.31. The predicted molar refractivity (Wildman–Crippen MR) is 35.4 cm³/mol. The van der Waals surface area contributed by atoms with Gasteiger partial charge in [0.25, 0.3) is 0 Å². The van der Waals surface area contributed by atoms with E-state index < -0.39 is 18.2 Å². The summed E-state index contributed by atoms with van der Waals surface area (Å²) < 4.78 is 17.2. The first-order chi connectivity index (χ1) is 5.15. The molecule has 0 aliphatic carbocycles. The van der Waals surface area contributed by atoms with Crippen LogP contribution in [-0.4, -0.2) is 36.3 Å². The SMILES string of the molecule is COC1=N[C@H](C(=O)O)C[C@@H]1F. The molecule has 4 nitrogen and oxygen atoms in total. The normalized spacial score (nSPS) is 29.8. The molecule has 1 N–H and O–H groups in total. The molecule has 11 heavy (non-hydrogen) atoms. The van der Waals surface area contributed by atoms with Crippen LogP contribution in [-0.2, 0) is 9.53 Å². The lowest BCUT2D eigenvalue weighted by Gasteiger charge is -1.99. The van der Waals surface area contributed by atoms with Gasteiger partial charge in [-0.1, -0.05) is 0 Å². The van der Waals surface area contributed by atoms with Crippen molar-refractivity contribution < 1.29 is 19.0 Å². The molecule has 0 aromatic heterocycles. The van der Waals surface area contributed by atoms with Crippen LogP contribution in [0, 0.1) is 0 Å². The first kappa shape index (κ1) is 7.97. The summed E-state index contributed by atoms with van der Waals surface area (Å²) in [4.78, 5) is 13.8. The molecule has 0 unspecified atom stereocenters. The molecule has 0 saturated carbocycles. The molecule has 5 heteroatoms. The third-order valence-corrected chi connectivity index (χ3v) is 1.48. The standard InChI is InChI=1S/C6H8FNO3/c1-11-5-3(7)2-4(8-5)6(9)10/h3-4H,2H2,1H3,(H,9,10)/t3-,4-/m0/s1. The molecule has 1 rings (SSSR count). The number of carboxylic acid groups (broad SMARTS) is 1. The van der Waals surface area contributed by atoms with E-state index in [0.29, 0.717) is 0 Å². The first-order valence-electron chi connectivity index (χ1n) is 3.13. The molecule has 0 amide bonds. The topological polar surface area (TPSA) is 58.9 Å². The number of carbonyl (C=O) groups is 1. The van der Waals surface area contributed by atoms with Crippen LogP contribution in [0.25, 0.3) is 0 Å². The summed E-state index contributed by atoms with van der Waals surface area (Å²) in [6.07, 6.45) is -1.47. The minimum absolute atomic E-state index is 0.113. The van der Waals surface area contributed by atoms with E-state index in [2.05, 4.69) is 9.73 Å². The molecule has 0 radical (unpaired) electrons. The zero-order chi connectivity index (χ0) is 8.43. The van der Waals surface area contributed by atoms with Gasteiger partial charge in [0.2, 0.25) is 5.90 Å². The van der Waals surface area contributed by atoms with Gasteiger partial charge in [0.15, 0.2) is 12.2 Å². The lowest BCUT2D eigenvalue weighted by molar-refractivity contribution is -0.138. The minimum Gasteiger partial charge on any atom is -0.482 e. The molecule has 0 fully saturated rings. The van der Waals surface area contributed by atoms with Gasteiger partial charge in [-0.15, -0.1) is 0 Å². The maximum atomic E-state index is 12.7. The molecule has 1 heterocycles. The molecule has 0 aromatic carbocycles. The highest BCUT2D eigenvalue weighted by molar-refractivity contribution is 5.88. The molecule has 0 saturated heterocycles. The van der Waals surface area contributed by atoms with E-state index in [0.717, 1.165) is 0 Å². The Balaban J connectivity index is 2.66. The quantitative estimate of drug-likeness (QED) is 0.598. The molecule has 2 atom stereocenters. The van der Waals surface area contributed by atoms with Crippen LogP contribution in [0.2, 0.25) is 0 Å². The van der Waals surface area contributed by atoms with Gasteiger partial charge in [-0.3, -0.25) is 0 Å². The number of aliphatic carboxylic acids is 1. The zero-order valence-electron chi connectivity index (χ0n) is 5.95. The maximum Gasteiger partial charge on any atom is 0.328 e. The van der Waals surface area contributed by atoms with Gasteiger partial charge < -0.3 is 9.84 Å². The smallest absolute Gasteiger partial charge is 0.328 e. The lowest BCUT2D eigenvalue weighted by Crippen LogP contribution is -2.17. The minimum atomic E-state index is -1.36. The van der Waals surface area contributed by atoms with E-state index in [1.807, 2.05) is 0 Å². The van der Waals surface area contributed by atoms with Crippen molar-refractivity contribution in [1.29, 1.82) is 0 Å². The van der Waals surface area contributed by atoms with Crippen molar-refractivity contribution in [3.05, 3.63) is 0 Å². The molecule has 0 spiro atoms. The van der Waals surface area contributed by atoms with Gasteiger partial charge in [0, 0.05) is 6.42 Å². The summed E-state index contributed by atoms with van der Waals surface area (Å²) in [6.45, 7) is 0. The molecule has 0 bridgehead atoms. The molecule has 62 valence electrons. The third-order valence-electron chi connectivity index (χ3n) is 1.48. The number of carboxylic acids is 1. The summed E-state index contributed by atoms with van der Waals surface area (Å²) in [5.74, 6) is -1.22. The number of methoxy groups -OCH3 is 1. The Kier molecular flexibility index (Phi) is 2.07. The summed E-state index contributed by atoms with van der Waals surface area (Å²) in [6, 6.07) is -0.972. The number of nitrogens with zero attached hydrogens (tertiary/aromatic N) is 1. The van der Waals surface area contributed by atoms with Crippen molar-refractivity contribution in [3.63, 3.8) is 0 Å². The third kappa shape index (κ3) is 1.47. The Labute approximate surface area is 62.7 Å². The summed E-state index contributed by atoms with van der Waals surface area (Å²) in [5, 5.41) is 8.42. The van der Waals surface area contributed by atoms with Crippen molar-refractivity contribution in [2.24, 2.45) is 4.99 Å². The Hall–Kier alpha value is -1.13. The van der Waals surface area contributed by atoms with Crippen LogP contribution in [0.3, 0.4) is 0 Å². The lowest BCUT2D eigenvalue weighted by atomic mass is 10.2. The first-order valence-corrected chi connectivity index (χ1v) is 3.13. The second-order valence-corrected chi connectivity index (χ2v) is 2.23. The van der Waals surface area contributed by atoms with E-state index >= 15 is 0 Å². The molecular weight excluding hydrogens is 153 g/mol. The molecule has 0 aromatic rings. The summed E-state index contributed by atoms with van der Waals surface area (Å²) in [7, 11) is 1.27. The van der Waals surface area contributed by atoms with Crippen LogP contribution in [0.1, 0.15) is 6.42 Å². The number of hydrogen-bond acceptors (Lipinski definition) is 3. The Morgan fingerprint density at radius 1 is 1.91 bits per heavy atom. The van der Waals surface area contributed by atoms with Gasteiger partial charge in [0.05, 0.1) is 7.11 Å². The second kappa shape index (κ2) is 2.86. The van der Waals surface area contributed by atoms with E-state index in [9.17, 15) is 9.18 Å². The van der Waals surface area contributed by atoms with Crippen LogP contribution in [0.15, 0.2) is 4.99 Å². The number of rotatable bonds is 1. The van der Waals surface area contributed by atoms with Crippen molar-refractivity contribution in [2.75, 3.05) is 7.11 Å². The predicted octanol–water partition coefficient (Wildman–Crippen LogP) is 0.226. The zero-order valence-corrected chi connectivity index (χ0v) is 5.95. The molecule has 1 aliphatic heterocycles. The number of ether oxygens (including phenoxy) is 1. The number of alkyl halides is 1. The van der Waals surface area contributed by atoms with E-state index in [4.69, 9.17) is 5.11 Å². The highest BCUT2D eigenvalue weighted by Gasteiger charge is 2.33. The second-order valence-electron chi connectivity index (χ2n) is 2.23. The van der Waals surface area contributed by atoms with Crippen molar-refractivity contribution in [1.82, 2.24) is 0 Å². The highest BCUT2D eigenvalue weighted by Crippen LogP contribution is 2.17. The van der Waals surface area contributed by atoms with Crippen LogP contribution < -0.4 is 0 Å². The van der Waals surface area contributed by atoms with Gasteiger partial charge in [-0.05, 0) is 0 Å². The Morgan fingerprint density at radius 3 is 2.82 bits per heavy atom. The molecule has 1 aliphatic rings. The van der Waals surface area contributed by atoms with Gasteiger partial charge >= 0.3 is 5.97 Å². The fourth-order valence-corrected chi connectivity index (χ4v) is 0.921. The number of hydrogen-bond donors (Lipinski definition) is 1. The summed E-state index contributed by atoms with van der Waals surface area (Å²) in [5.41, 5.74) is 0. The van der Waals surface area contributed by atoms with Crippen molar-refractivity contribution in [3.8, 4) is 0 Å². The summed E-state index contributed by atoms with van der Waals surface area (Å²) >= 11 is 0. The monoisotopic (exact) mass is 161 g/mol. The largest absolute Gasteiger partial charge is 0.482 e. The Morgan fingerprint density at radius 2 is 2.55 bits per heavy atom. The van der Waals surface area contributed by atoms with Gasteiger partial charge in [0.1, 0.15) is 0 Å². The van der Waals surface area contributed by atoms with E-state index in [1.54, 1.807) is 0 Å². The van der Waals surface area contributed by atoms with Crippen molar-refractivity contribution >= 4 is 11.9 Å². The highest BCUT2D eigenvalue weighted by atomic mass is 19.1. The van der Waals surface area contributed by atoms with Gasteiger partial charge in [-0.2, -0.15) is 0 Å². The number of aliphatic imine (C=N–C) groups is 1. The molecular formula is C6H8FNO3. The van der Waals surface area contributed by atoms with Crippen LogP contribution in [0.4, 0.5) is 4.39 Å². The van der Waals surface area contributed by atoms with Crippen LogP contribution in [0.5, 0.6) is 0 Å². The Bertz CT molecular complexity index is 204. The van der Waals surface area contributed by atoms with Crippen molar-refractivity contribution in [2.45, 2.75) is 18.6 Å². The fraction of sp³-hybridized carbons (Fsp3) is 0.667. The average molecular weight is 161 g/mol. The van der Waals surface area contributed by atoms with E-state index in [-0.39, 0.29) is 12.3 Å². The number of halogens is 1. The fourth-order valence-electron chi connectivity index (χ4n) is 0.921. The van der Waals surface area contributed by atoms with Crippen LogP contribution >= 0.6 is 0 Å². The maximum absolute atomic E-state index is 12.7. The van der Waals surface area contributed by atoms with E-state index in [1.165, 1.54) is 7.11 Å². The van der Waals surface area contributed by atoms with Gasteiger partial charge in [-0.25, -0.2) is 14.2 Å².